The first kappa shape index (κ1) is 14.8. The highest BCUT2D eigenvalue weighted by Crippen LogP contribution is 2.39. The summed E-state index contributed by atoms with van der Waals surface area (Å²) in [5, 5.41) is 0. The molecule has 1 saturated carbocycles. The Kier molecular flexibility index (Phi) is 4.26. The van der Waals surface area contributed by atoms with Crippen LogP contribution < -0.4 is 4.74 Å². The van der Waals surface area contributed by atoms with E-state index in [1.165, 1.54) is 19.7 Å². The molecule has 1 aliphatic rings. The predicted molar refractivity (Wildman–Crippen MR) is 74.6 cm³/mol. The van der Waals surface area contributed by atoms with Gasteiger partial charge in [-0.05, 0) is 30.6 Å². The van der Waals surface area contributed by atoms with Crippen molar-refractivity contribution >= 4 is 5.97 Å². The number of ether oxygens (including phenoxy) is 2. The Hall–Kier alpha value is -1.65. The molecule has 1 fully saturated rings. The van der Waals surface area contributed by atoms with Crippen LogP contribution in [0.2, 0.25) is 0 Å². The van der Waals surface area contributed by atoms with Crippen LogP contribution in [0.3, 0.4) is 0 Å². The van der Waals surface area contributed by atoms with E-state index in [-0.39, 0.29) is 17.2 Å². The lowest BCUT2D eigenvalue weighted by Gasteiger charge is -2.38. The number of rotatable bonds is 3. The molecule has 110 valence electrons. The minimum atomic E-state index is -0.500. The first-order valence-electron chi connectivity index (χ1n) is 6.96. The highest BCUT2D eigenvalue weighted by atomic mass is 16.5. The fraction of sp³-hybridized carbons (Fsp3) is 0.667. The molecule has 0 aromatic carbocycles. The molecule has 0 N–H and O–H groups in total. The molecule has 5 nitrogen and oxygen atoms in total. The van der Waals surface area contributed by atoms with Crippen molar-refractivity contribution in [3.8, 4) is 5.88 Å². The van der Waals surface area contributed by atoms with E-state index < -0.39 is 5.97 Å². The summed E-state index contributed by atoms with van der Waals surface area (Å²) in [6.07, 6.45) is 6.25. The van der Waals surface area contributed by atoms with Crippen LogP contribution in [-0.4, -0.2) is 29.2 Å². The average molecular weight is 278 g/mol. The maximum Gasteiger partial charge on any atom is 0.358 e. The molecule has 1 heterocycles. The van der Waals surface area contributed by atoms with Crippen molar-refractivity contribution in [2.45, 2.75) is 46.1 Å². The van der Waals surface area contributed by atoms with Crippen molar-refractivity contribution in [3.05, 3.63) is 18.1 Å². The molecule has 1 aromatic rings. The zero-order chi connectivity index (χ0) is 14.8. The Labute approximate surface area is 119 Å². The summed E-state index contributed by atoms with van der Waals surface area (Å²) >= 11 is 0. The standard InChI is InChI=1S/C15H22N2O3/c1-10-5-11(7-15(2,3)6-10)20-13-9-16-8-12(17-13)14(18)19-4/h8-11H,5-7H2,1-4H3. The summed E-state index contributed by atoms with van der Waals surface area (Å²) in [4.78, 5) is 19.6. The van der Waals surface area contributed by atoms with Gasteiger partial charge in [0.05, 0.1) is 19.5 Å². The number of esters is 1. The molecule has 0 spiro atoms. The Morgan fingerprint density at radius 2 is 2.10 bits per heavy atom. The summed E-state index contributed by atoms with van der Waals surface area (Å²) in [6, 6.07) is 0. The van der Waals surface area contributed by atoms with E-state index in [1.807, 2.05) is 0 Å². The Morgan fingerprint density at radius 3 is 2.75 bits per heavy atom. The normalized spacial score (nSPS) is 25.0. The second kappa shape index (κ2) is 5.77. The zero-order valence-corrected chi connectivity index (χ0v) is 12.5. The van der Waals surface area contributed by atoms with Gasteiger partial charge in [-0.3, -0.25) is 4.98 Å². The molecule has 1 aromatic heterocycles. The van der Waals surface area contributed by atoms with Gasteiger partial charge in [-0.15, -0.1) is 0 Å². The number of aromatic nitrogens is 2. The van der Waals surface area contributed by atoms with Crippen molar-refractivity contribution in [2.75, 3.05) is 7.11 Å². The highest BCUT2D eigenvalue weighted by molar-refractivity contribution is 5.86. The number of carbonyl (C=O) groups excluding carboxylic acids is 1. The smallest absolute Gasteiger partial charge is 0.358 e. The van der Waals surface area contributed by atoms with Crippen LogP contribution in [0.25, 0.3) is 0 Å². The fourth-order valence-corrected chi connectivity index (χ4v) is 3.13. The van der Waals surface area contributed by atoms with Crippen LogP contribution in [0.1, 0.15) is 50.5 Å². The minimum Gasteiger partial charge on any atom is -0.473 e. The SMILES string of the molecule is COC(=O)c1cncc(OC2CC(C)CC(C)(C)C2)n1. The Bertz CT molecular complexity index is 488. The first-order chi connectivity index (χ1) is 9.39. The molecule has 0 amide bonds. The summed E-state index contributed by atoms with van der Waals surface area (Å²) in [5.41, 5.74) is 0.448. The number of hydrogen-bond acceptors (Lipinski definition) is 5. The summed E-state index contributed by atoms with van der Waals surface area (Å²) in [7, 11) is 1.32. The van der Waals surface area contributed by atoms with Gasteiger partial charge in [0.1, 0.15) is 6.10 Å². The van der Waals surface area contributed by atoms with Crippen LogP contribution in [0.5, 0.6) is 5.88 Å². The van der Waals surface area contributed by atoms with Crippen molar-refractivity contribution in [3.63, 3.8) is 0 Å². The molecule has 0 saturated heterocycles. The van der Waals surface area contributed by atoms with E-state index in [9.17, 15) is 4.79 Å². The van der Waals surface area contributed by atoms with Crippen LogP contribution in [0.4, 0.5) is 0 Å². The van der Waals surface area contributed by atoms with E-state index >= 15 is 0 Å². The van der Waals surface area contributed by atoms with Gasteiger partial charge >= 0.3 is 5.97 Å². The molecular formula is C15H22N2O3. The molecular weight excluding hydrogens is 256 g/mol. The lowest BCUT2D eigenvalue weighted by atomic mass is 9.71. The molecule has 2 rings (SSSR count). The minimum absolute atomic E-state index is 0.121. The molecule has 2 atom stereocenters. The third-order valence-electron chi connectivity index (χ3n) is 3.64. The number of carbonyl (C=O) groups is 1. The van der Waals surface area contributed by atoms with E-state index in [4.69, 9.17) is 4.74 Å². The van der Waals surface area contributed by atoms with Crippen LogP contribution in [0.15, 0.2) is 12.4 Å². The van der Waals surface area contributed by atoms with Crippen LogP contribution in [-0.2, 0) is 4.74 Å². The zero-order valence-electron chi connectivity index (χ0n) is 12.5. The van der Waals surface area contributed by atoms with Gasteiger partial charge in [-0.1, -0.05) is 20.8 Å². The van der Waals surface area contributed by atoms with Gasteiger partial charge in [0, 0.05) is 0 Å². The van der Waals surface area contributed by atoms with Crippen LogP contribution >= 0.6 is 0 Å². The van der Waals surface area contributed by atoms with E-state index in [1.54, 1.807) is 6.20 Å². The maximum absolute atomic E-state index is 11.4. The van der Waals surface area contributed by atoms with E-state index in [2.05, 4.69) is 35.5 Å². The van der Waals surface area contributed by atoms with Crippen LogP contribution in [0, 0.1) is 11.3 Å². The molecule has 1 aliphatic carbocycles. The maximum atomic E-state index is 11.4. The number of hydrogen-bond donors (Lipinski definition) is 0. The lowest BCUT2D eigenvalue weighted by molar-refractivity contribution is 0.0507. The van der Waals surface area contributed by atoms with Crippen molar-refractivity contribution in [1.82, 2.24) is 9.97 Å². The van der Waals surface area contributed by atoms with Crippen molar-refractivity contribution in [1.29, 1.82) is 0 Å². The molecule has 0 radical (unpaired) electrons. The Morgan fingerprint density at radius 1 is 1.35 bits per heavy atom. The van der Waals surface area contributed by atoms with Gasteiger partial charge in [-0.2, -0.15) is 0 Å². The number of methoxy groups -OCH3 is 1. The highest BCUT2D eigenvalue weighted by Gasteiger charge is 2.33. The van der Waals surface area contributed by atoms with Gasteiger partial charge in [-0.25, -0.2) is 9.78 Å². The topological polar surface area (TPSA) is 61.3 Å². The predicted octanol–water partition coefficient (Wildman–Crippen LogP) is 2.86. The summed E-state index contributed by atoms with van der Waals surface area (Å²) < 4.78 is 10.5. The largest absolute Gasteiger partial charge is 0.473 e. The second-order valence-corrected chi connectivity index (χ2v) is 6.39. The third-order valence-corrected chi connectivity index (χ3v) is 3.64. The molecule has 20 heavy (non-hydrogen) atoms. The molecule has 0 bridgehead atoms. The third kappa shape index (κ3) is 3.68. The first-order valence-corrected chi connectivity index (χ1v) is 6.96. The fourth-order valence-electron chi connectivity index (χ4n) is 3.13. The average Bonchev–Trinajstić information content (AvgIpc) is 2.35. The molecule has 2 unspecified atom stereocenters. The Balaban J connectivity index is 2.08. The van der Waals surface area contributed by atoms with E-state index in [0.717, 1.165) is 12.8 Å². The van der Waals surface area contributed by atoms with Gasteiger partial charge < -0.3 is 9.47 Å². The summed E-state index contributed by atoms with van der Waals surface area (Å²) in [5.74, 6) is 0.517. The van der Waals surface area contributed by atoms with Gasteiger partial charge in [0.2, 0.25) is 5.88 Å². The summed E-state index contributed by atoms with van der Waals surface area (Å²) in [6.45, 7) is 6.76. The second-order valence-electron chi connectivity index (χ2n) is 6.39. The van der Waals surface area contributed by atoms with Gasteiger partial charge in [0.25, 0.3) is 0 Å². The quantitative estimate of drug-likeness (QED) is 0.796. The van der Waals surface area contributed by atoms with Crippen molar-refractivity contribution < 1.29 is 14.3 Å². The van der Waals surface area contributed by atoms with Crippen molar-refractivity contribution in [2.24, 2.45) is 11.3 Å². The monoisotopic (exact) mass is 278 g/mol. The molecule has 0 aliphatic heterocycles. The number of nitrogens with zero attached hydrogens (tertiary/aromatic N) is 2. The lowest BCUT2D eigenvalue weighted by Crippen LogP contribution is -2.34. The molecule has 5 heteroatoms. The van der Waals surface area contributed by atoms with E-state index in [0.29, 0.717) is 11.8 Å². The van der Waals surface area contributed by atoms with Gasteiger partial charge in [0.15, 0.2) is 5.69 Å².